The summed E-state index contributed by atoms with van der Waals surface area (Å²) >= 11 is 5.89. The van der Waals surface area contributed by atoms with Gasteiger partial charge in [0.15, 0.2) is 5.82 Å². The van der Waals surface area contributed by atoms with Gasteiger partial charge in [-0.2, -0.15) is 4.98 Å². The van der Waals surface area contributed by atoms with E-state index in [0.29, 0.717) is 34.1 Å². The van der Waals surface area contributed by atoms with Crippen molar-refractivity contribution in [2.75, 3.05) is 0 Å². The van der Waals surface area contributed by atoms with Crippen molar-refractivity contribution in [1.82, 2.24) is 24.7 Å². The first kappa shape index (κ1) is 18.1. The largest absolute Gasteiger partial charge is 0.337 e. The fourth-order valence-corrected chi connectivity index (χ4v) is 3.11. The van der Waals surface area contributed by atoms with Gasteiger partial charge in [0.25, 0.3) is 5.56 Å². The maximum atomic E-state index is 12.7. The molecule has 0 fully saturated rings. The zero-order valence-electron chi connectivity index (χ0n) is 15.0. The molecule has 0 radical (unpaired) electrons. The van der Waals surface area contributed by atoms with Gasteiger partial charge in [0.05, 0.1) is 5.39 Å². The minimum absolute atomic E-state index is 0.105. The smallest absolute Gasteiger partial charge is 0.263 e. The summed E-state index contributed by atoms with van der Waals surface area (Å²) in [7, 11) is 0. The van der Waals surface area contributed by atoms with Crippen LogP contribution >= 0.6 is 11.6 Å². The monoisotopic (exact) mass is 397 g/mol. The van der Waals surface area contributed by atoms with E-state index in [1.807, 2.05) is 24.3 Å². The highest BCUT2D eigenvalue weighted by Crippen LogP contribution is 2.12. The van der Waals surface area contributed by atoms with E-state index < -0.39 is 0 Å². The predicted molar refractivity (Wildman–Crippen MR) is 104 cm³/mol. The van der Waals surface area contributed by atoms with Crippen molar-refractivity contribution >= 4 is 22.6 Å². The number of pyridine rings is 1. The number of aromatic amines is 1. The molecule has 8 nitrogen and oxygen atoms in total. The number of hydrogen-bond donors (Lipinski definition) is 1. The second-order valence-electron chi connectivity index (χ2n) is 6.45. The molecule has 3 aromatic heterocycles. The molecule has 0 atom stereocenters. The van der Waals surface area contributed by atoms with Gasteiger partial charge in [-0.3, -0.25) is 14.2 Å². The number of aromatic nitrogens is 5. The first-order valence-corrected chi connectivity index (χ1v) is 9.02. The quantitative estimate of drug-likeness (QED) is 0.553. The zero-order chi connectivity index (χ0) is 19.7. The van der Waals surface area contributed by atoms with E-state index in [1.165, 1.54) is 17.0 Å². The molecule has 3 heterocycles. The Labute approximate surface area is 163 Å². The van der Waals surface area contributed by atoms with Crippen molar-refractivity contribution in [3.8, 4) is 0 Å². The van der Waals surface area contributed by atoms with E-state index in [1.54, 1.807) is 6.92 Å². The van der Waals surface area contributed by atoms with Crippen LogP contribution in [-0.2, 0) is 19.4 Å². The third-order valence-electron chi connectivity index (χ3n) is 4.39. The van der Waals surface area contributed by atoms with Crippen molar-refractivity contribution < 1.29 is 4.52 Å². The summed E-state index contributed by atoms with van der Waals surface area (Å²) in [5.41, 5.74) is 1.38. The third kappa shape index (κ3) is 3.72. The third-order valence-corrected chi connectivity index (χ3v) is 4.64. The molecule has 0 saturated carbocycles. The number of nitrogens with one attached hydrogen (secondary N) is 1. The minimum atomic E-state index is -0.295. The van der Waals surface area contributed by atoms with E-state index >= 15 is 0 Å². The van der Waals surface area contributed by atoms with E-state index in [-0.39, 0.29) is 23.3 Å². The molecule has 0 bridgehead atoms. The summed E-state index contributed by atoms with van der Waals surface area (Å²) in [5.74, 6) is 0.878. The van der Waals surface area contributed by atoms with Crippen LogP contribution in [0, 0.1) is 6.92 Å². The highest BCUT2D eigenvalue weighted by Gasteiger charge is 2.12. The highest BCUT2D eigenvalue weighted by molar-refractivity contribution is 6.30. The van der Waals surface area contributed by atoms with Gasteiger partial charge in [-0.1, -0.05) is 28.9 Å². The van der Waals surface area contributed by atoms with Crippen LogP contribution in [0.3, 0.4) is 0 Å². The molecule has 0 amide bonds. The Morgan fingerprint density at radius 3 is 2.75 bits per heavy atom. The molecule has 0 unspecified atom stereocenters. The summed E-state index contributed by atoms with van der Waals surface area (Å²) in [5, 5.41) is 5.03. The van der Waals surface area contributed by atoms with Crippen LogP contribution in [0.25, 0.3) is 11.0 Å². The number of halogens is 1. The van der Waals surface area contributed by atoms with Gasteiger partial charge in [-0.25, -0.2) is 4.98 Å². The van der Waals surface area contributed by atoms with Crippen molar-refractivity contribution in [2.45, 2.75) is 26.3 Å². The molecule has 4 aromatic rings. The molecule has 1 N–H and O–H groups in total. The molecule has 4 rings (SSSR count). The zero-order valence-corrected chi connectivity index (χ0v) is 15.7. The Morgan fingerprint density at radius 1 is 1.18 bits per heavy atom. The molecule has 28 heavy (non-hydrogen) atoms. The fraction of sp³-hybridized carbons (Fsp3) is 0.211. The van der Waals surface area contributed by atoms with Crippen LogP contribution in [0.4, 0.5) is 0 Å². The van der Waals surface area contributed by atoms with Gasteiger partial charge < -0.3 is 9.51 Å². The Bertz CT molecular complexity index is 1260. The number of rotatable bonds is 5. The summed E-state index contributed by atoms with van der Waals surface area (Å²) in [6.07, 6.45) is 2.72. The van der Waals surface area contributed by atoms with Gasteiger partial charge in [-0.05, 0) is 36.6 Å². The average molecular weight is 398 g/mol. The van der Waals surface area contributed by atoms with Gasteiger partial charge >= 0.3 is 0 Å². The SMILES string of the molecule is Cc1cc(=O)[nH]c2ncn(Cc3nc(CCc4ccc(Cl)cc4)no3)c(=O)c12. The van der Waals surface area contributed by atoms with E-state index in [0.717, 1.165) is 12.0 Å². The molecular formula is C19H16ClN5O3. The summed E-state index contributed by atoms with van der Waals surface area (Å²) < 4.78 is 6.64. The van der Waals surface area contributed by atoms with Crippen LogP contribution in [-0.4, -0.2) is 24.7 Å². The fourth-order valence-electron chi connectivity index (χ4n) is 2.98. The van der Waals surface area contributed by atoms with Crippen LogP contribution in [0.5, 0.6) is 0 Å². The average Bonchev–Trinajstić information content (AvgIpc) is 3.10. The van der Waals surface area contributed by atoms with Gasteiger partial charge in [0.1, 0.15) is 18.5 Å². The molecule has 0 saturated heterocycles. The van der Waals surface area contributed by atoms with Gasteiger partial charge in [0.2, 0.25) is 11.4 Å². The van der Waals surface area contributed by atoms with Crippen molar-refractivity contribution in [1.29, 1.82) is 0 Å². The lowest BCUT2D eigenvalue weighted by atomic mass is 10.1. The lowest BCUT2D eigenvalue weighted by Gasteiger charge is -2.05. The Morgan fingerprint density at radius 2 is 1.96 bits per heavy atom. The standard InChI is InChI=1S/C19H16ClN5O3/c1-11-8-15(26)23-18-17(11)19(27)25(10-21-18)9-16-22-14(24-28-16)7-4-12-2-5-13(20)6-3-12/h2-3,5-6,8,10H,4,7,9H2,1H3,(H,23,26). The second-order valence-corrected chi connectivity index (χ2v) is 6.89. The van der Waals surface area contributed by atoms with Crippen LogP contribution in [0.15, 0.2) is 50.8 Å². The Balaban J connectivity index is 1.52. The summed E-state index contributed by atoms with van der Waals surface area (Å²) in [4.78, 5) is 35.3. The normalized spacial score (nSPS) is 11.2. The number of nitrogens with zero attached hydrogens (tertiary/aromatic N) is 4. The number of hydrogen-bond acceptors (Lipinski definition) is 6. The Kier molecular flexibility index (Phi) is 4.79. The first-order valence-electron chi connectivity index (χ1n) is 8.64. The van der Waals surface area contributed by atoms with Gasteiger partial charge in [-0.15, -0.1) is 0 Å². The molecule has 1 aromatic carbocycles. The maximum Gasteiger partial charge on any atom is 0.263 e. The Hall–Kier alpha value is -3.26. The minimum Gasteiger partial charge on any atom is -0.337 e. The van der Waals surface area contributed by atoms with Crippen molar-refractivity contribution in [3.05, 3.63) is 85.2 Å². The summed E-state index contributed by atoms with van der Waals surface area (Å²) in [6.45, 7) is 1.81. The predicted octanol–water partition coefficient (Wildman–Crippen LogP) is 2.26. The van der Waals surface area contributed by atoms with E-state index in [2.05, 4.69) is 20.1 Å². The number of aryl methyl sites for hydroxylation is 3. The number of fused-ring (bicyclic) bond motifs is 1. The first-order chi connectivity index (χ1) is 13.5. The van der Waals surface area contributed by atoms with Crippen molar-refractivity contribution in [2.24, 2.45) is 0 Å². The topological polar surface area (TPSA) is 107 Å². The molecule has 0 aliphatic rings. The van der Waals surface area contributed by atoms with Crippen LogP contribution in [0.1, 0.15) is 22.8 Å². The lowest BCUT2D eigenvalue weighted by Crippen LogP contribution is -2.24. The highest BCUT2D eigenvalue weighted by atomic mass is 35.5. The molecular weight excluding hydrogens is 382 g/mol. The van der Waals surface area contributed by atoms with Crippen LogP contribution in [0.2, 0.25) is 5.02 Å². The van der Waals surface area contributed by atoms with E-state index in [4.69, 9.17) is 16.1 Å². The molecule has 0 aliphatic carbocycles. The number of benzene rings is 1. The maximum absolute atomic E-state index is 12.7. The molecule has 0 spiro atoms. The summed E-state index contributed by atoms with van der Waals surface area (Å²) in [6, 6.07) is 8.96. The van der Waals surface area contributed by atoms with Crippen LogP contribution < -0.4 is 11.1 Å². The molecule has 0 aliphatic heterocycles. The molecule has 142 valence electrons. The number of H-pyrrole nitrogens is 1. The lowest BCUT2D eigenvalue weighted by molar-refractivity contribution is 0.364. The van der Waals surface area contributed by atoms with Gasteiger partial charge in [0, 0.05) is 17.5 Å². The van der Waals surface area contributed by atoms with Crippen molar-refractivity contribution in [3.63, 3.8) is 0 Å². The molecule has 9 heteroatoms. The van der Waals surface area contributed by atoms with E-state index in [9.17, 15) is 9.59 Å². The second kappa shape index (κ2) is 7.40.